The van der Waals surface area contributed by atoms with Crippen LogP contribution in [0, 0.1) is 0 Å². The molecule has 1 aromatic carbocycles. The predicted octanol–water partition coefficient (Wildman–Crippen LogP) is 1.86. The molecule has 0 bridgehead atoms. The summed E-state index contributed by atoms with van der Waals surface area (Å²) in [6.45, 7) is -0.220. The first-order valence-corrected chi connectivity index (χ1v) is 4.65. The summed E-state index contributed by atoms with van der Waals surface area (Å²) in [5.74, 6) is 1.33. The Balaban J connectivity index is 3.41. The summed E-state index contributed by atoms with van der Waals surface area (Å²) in [6.07, 6.45) is 0. The highest BCUT2D eigenvalue weighted by molar-refractivity contribution is 6.33. The topological polar surface area (TPSA) is 47.9 Å². The molecule has 0 heterocycles. The zero-order chi connectivity index (χ0) is 11.4. The minimum Gasteiger partial charge on any atom is -0.496 e. The maximum atomic E-state index is 9.15. The third-order valence-electron chi connectivity index (χ3n) is 2.05. The molecule has 0 saturated carbocycles. The normalized spacial score (nSPS) is 9.93. The zero-order valence-corrected chi connectivity index (χ0v) is 9.59. The largest absolute Gasteiger partial charge is 0.496 e. The van der Waals surface area contributed by atoms with Gasteiger partial charge in [-0.05, 0) is 0 Å². The second-order valence-electron chi connectivity index (χ2n) is 2.76. The lowest BCUT2D eigenvalue weighted by atomic mass is 10.2. The number of rotatable bonds is 4. The first-order chi connectivity index (χ1) is 7.19. The van der Waals surface area contributed by atoms with E-state index in [-0.39, 0.29) is 6.61 Å². The first-order valence-electron chi connectivity index (χ1n) is 4.27. The van der Waals surface area contributed by atoms with Crippen molar-refractivity contribution < 1.29 is 19.3 Å². The van der Waals surface area contributed by atoms with Crippen molar-refractivity contribution >= 4 is 11.6 Å². The summed E-state index contributed by atoms with van der Waals surface area (Å²) in [6, 6.07) is 1.62. The van der Waals surface area contributed by atoms with E-state index < -0.39 is 0 Å². The summed E-state index contributed by atoms with van der Waals surface area (Å²) >= 11 is 6.03. The van der Waals surface area contributed by atoms with Crippen LogP contribution in [0.4, 0.5) is 0 Å². The molecular weight excluding hydrogens is 220 g/mol. The summed E-state index contributed by atoms with van der Waals surface area (Å²) in [7, 11) is 4.49. The van der Waals surface area contributed by atoms with Crippen LogP contribution in [0.5, 0.6) is 17.2 Å². The van der Waals surface area contributed by atoms with Crippen molar-refractivity contribution in [3.05, 3.63) is 16.7 Å². The lowest BCUT2D eigenvalue weighted by Crippen LogP contribution is -1.98. The highest BCUT2D eigenvalue weighted by atomic mass is 35.5. The fourth-order valence-electron chi connectivity index (χ4n) is 1.30. The van der Waals surface area contributed by atoms with E-state index in [1.165, 1.54) is 21.3 Å². The van der Waals surface area contributed by atoms with Crippen molar-refractivity contribution in [1.29, 1.82) is 0 Å². The van der Waals surface area contributed by atoms with Gasteiger partial charge in [0.15, 0.2) is 11.5 Å². The molecule has 1 aromatic rings. The Morgan fingerprint density at radius 2 is 1.73 bits per heavy atom. The lowest BCUT2D eigenvalue weighted by molar-refractivity contribution is 0.271. The van der Waals surface area contributed by atoms with Gasteiger partial charge >= 0.3 is 0 Å². The molecule has 0 unspecified atom stereocenters. The summed E-state index contributed by atoms with van der Waals surface area (Å²) in [5, 5.41) is 9.46. The first kappa shape index (κ1) is 11.9. The van der Waals surface area contributed by atoms with Gasteiger partial charge < -0.3 is 19.3 Å². The van der Waals surface area contributed by atoms with Crippen LogP contribution in [0.2, 0.25) is 5.02 Å². The van der Waals surface area contributed by atoms with Crippen molar-refractivity contribution in [2.24, 2.45) is 0 Å². The third kappa shape index (κ3) is 2.11. The second kappa shape index (κ2) is 5.09. The van der Waals surface area contributed by atoms with Crippen molar-refractivity contribution in [2.45, 2.75) is 6.61 Å². The molecule has 4 nitrogen and oxygen atoms in total. The van der Waals surface area contributed by atoms with E-state index in [1.807, 2.05) is 0 Å². The highest BCUT2D eigenvalue weighted by Gasteiger charge is 2.17. The van der Waals surface area contributed by atoms with E-state index in [0.29, 0.717) is 27.8 Å². The number of benzene rings is 1. The maximum Gasteiger partial charge on any atom is 0.180 e. The molecule has 0 fully saturated rings. The van der Waals surface area contributed by atoms with Crippen molar-refractivity contribution in [3.8, 4) is 17.2 Å². The molecule has 0 aliphatic heterocycles. The molecule has 0 aromatic heterocycles. The Labute approximate surface area is 93.3 Å². The molecule has 5 heteroatoms. The molecule has 0 saturated heterocycles. The van der Waals surface area contributed by atoms with Crippen LogP contribution in [0.1, 0.15) is 5.56 Å². The molecule has 15 heavy (non-hydrogen) atoms. The monoisotopic (exact) mass is 232 g/mol. The van der Waals surface area contributed by atoms with Crippen LogP contribution in [0.15, 0.2) is 6.07 Å². The Morgan fingerprint density at radius 3 is 2.13 bits per heavy atom. The minimum atomic E-state index is -0.220. The number of halogens is 1. The van der Waals surface area contributed by atoms with E-state index >= 15 is 0 Å². The number of aliphatic hydroxyl groups excluding tert-OH is 1. The van der Waals surface area contributed by atoms with Crippen molar-refractivity contribution in [1.82, 2.24) is 0 Å². The number of ether oxygens (including phenoxy) is 3. The van der Waals surface area contributed by atoms with Crippen LogP contribution in [-0.4, -0.2) is 26.4 Å². The lowest BCUT2D eigenvalue weighted by Gasteiger charge is -2.15. The molecule has 0 atom stereocenters. The SMILES string of the molecule is COc1cc(OC)c(OC)c(Cl)c1CO. The van der Waals surface area contributed by atoms with Crippen molar-refractivity contribution in [2.75, 3.05) is 21.3 Å². The van der Waals surface area contributed by atoms with E-state index in [9.17, 15) is 0 Å². The second-order valence-corrected chi connectivity index (χ2v) is 3.14. The summed E-state index contributed by atoms with van der Waals surface area (Å²) < 4.78 is 15.3. The Morgan fingerprint density at radius 1 is 1.13 bits per heavy atom. The third-order valence-corrected chi connectivity index (χ3v) is 2.45. The molecule has 1 N–H and O–H groups in total. The average Bonchev–Trinajstić information content (AvgIpc) is 2.27. The van der Waals surface area contributed by atoms with E-state index in [1.54, 1.807) is 6.07 Å². The van der Waals surface area contributed by atoms with Gasteiger partial charge in [-0.3, -0.25) is 0 Å². The molecule has 0 spiro atoms. The molecule has 0 aliphatic carbocycles. The maximum absolute atomic E-state index is 9.15. The molecule has 0 radical (unpaired) electrons. The molecule has 0 amide bonds. The molecule has 84 valence electrons. The number of methoxy groups -OCH3 is 3. The molecular formula is C10H13ClO4. The van der Waals surface area contributed by atoms with Crippen LogP contribution in [0.3, 0.4) is 0 Å². The van der Waals surface area contributed by atoms with E-state index in [0.717, 1.165) is 0 Å². The van der Waals surface area contributed by atoms with Crippen LogP contribution in [-0.2, 0) is 6.61 Å². The van der Waals surface area contributed by atoms with Gasteiger partial charge in [0.25, 0.3) is 0 Å². The fraction of sp³-hybridized carbons (Fsp3) is 0.400. The van der Waals surface area contributed by atoms with Gasteiger partial charge in [0.2, 0.25) is 0 Å². The molecule has 0 aliphatic rings. The predicted molar refractivity (Wildman–Crippen MR) is 57.0 cm³/mol. The van der Waals surface area contributed by atoms with Gasteiger partial charge in [0, 0.05) is 11.6 Å². The van der Waals surface area contributed by atoms with Crippen LogP contribution < -0.4 is 14.2 Å². The Bertz CT molecular complexity index is 322. The van der Waals surface area contributed by atoms with E-state index in [2.05, 4.69) is 0 Å². The van der Waals surface area contributed by atoms with Gasteiger partial charge in [-0.15, -0.1) is 0 Å². The zero-order valence-electron chi connectivity index (χ0n) is 8.83. The summed E-state index contributed by atoms with van der Waals surface area (Å²) in [5.41, 5.74) is 0.483. The quantitative estimate of drug-likeness (QED) is 0.861. The van der Waals surface area contributed by atoms with Gasteiger partial charge in [0.1, 0.15) is 5.75 Å². The van der Waals surface area contributed by atoms with Gasteiger partial charge in [-0.25, -0.2) is 0 Å². The van der Waals surface area contributed by atoms with Crippen LogP contribution in [0.25, 0.3) is 0 Å². The van der Waals surface area contributed by atoms with E-state index in [4.69, 9.17) is 30.9 Å². The van der Waals surface area contributed by atoms with Gasteiger partial charge in [-0.2, -0.15) is 0 Å². The van der Waals surface area contributed by atoms with Gasteiger partial charge in [-0.1, -0.05) is 11.6 Å². The Kier molecular flexibility index (Phi) is 4.05. The number of aliphatic hydroxyl groups is 1. The van der Waals surface area contributed by atoms with Crippen LogP contribution >= 0.6 is 11.6 Å². The van der Waals surface area contributed by atoms with Crippen molar-refractivity contribution in [3.63, 3.8) is 0 Å². The fourth-order valence-corrected chi connectivity index (χ4v) is 1.62. The van der Waals surface area contributed by atoms with Gasteiger partial charge in [0.05, 0.1) is 33.0 Å². The number of hydrogen-bond acceptors (Lipinski definition) is 4. The average molecular weight is 233 g/mol. The molecule has 1 rings (SSSR count). The smallest absolute Gasteiger partial charge is 0.180 e. The highest BCUT2D eigenvalue weighted by Crippen LogP contribution is 2.42. The minimum absolute atomic E-state index is 0.220. The summed E-state index contributed by atoms with van der Waals surface area (Å²) in [4.78, 5) is 0. The Hall–Kier alpha value is -1.13. The standard InChI is InChI=1S/C10H13ClO4/c1-13-7-4-8(14-2)10(15-3)9(11)6(7)5-12/h4,12H,5H2,1-3H3. The number of hydrogen-bond donors (Lipinski definition) is 1.